The van der Waals surface area contributed by atoms with Crippen LogP contribution in [-0.2, 0) is 11.3 Å². The summed E-state index contributed by atoms with van der Waals surface area (Å²) in [4.78, 5) is 24.3. The highest BCUT2D eigenvalue weighted by Crippen LogP contribution is 2.38. The van der Waals surface area contributed by atoms with Crippen molar-refractivity contribution in [2.75, 3.05) is 20.2 Å². The van der Waals surface area contributed by atoms with Gasteiger partial charge in [0.25, 0.3) is 0 Å². The van der Waals surface area contributed by atoms with E-state index in [4.69, 9.17) is 4.74 Å². The number of carbonyl (C=O) groups excluding carboxylic acids is 2. The molecule has 3 atom stereocenters. The van der Waals surface area contributed by atoms with E-state index in [1.807, 2.05) is 31.2 Å². The summed E-state index contributed by atoms with van der Waals surface area (Å²) < 4.78 is 5.17. The highest BCUT2D eigenvalue weighted by atomic mass is 16.5. The molecule has 6 nitrogen and oxygen atoms in total. The minimum absolute atomic E-state index is 0.0740. The van der Waals surface area contributed by atoms with Crippen molar-refractivity contribution in [1.29, 1.82) is 0 Å². The van der Waals surface area contributed by atoms with Crippen molar-refractivity contribution < 1.29 is 14.3 Å². The number of carbonyl (C=O) groups is 2. The van der Waals surface area contributed by atoms with Gasteiger partial charge < -0.3 is 20.7 Å². The summed E-state index contributed by atoms with van der Waals surface area (Å²) in [7, 11) is 1.64. The maximum Gasteiger partial charge on any atom is 0.314 e. The molecule has 0 saturated heterocycles. The van der Waals surface area contributed by atoms with Gasteiger partial charge in [0.15, 0.2) is 0 Å². The predicted molar refractivity (Wildman–Crippen MR) is 120 cm³/mol. The van der Waals surface area contributed by atoms with Crippen LogP contribution in [0.1, 0.15) is 46.1 Å². The van der Waals surface area contributed by atoms with Gasteiger partial charge in [-0.05, 0) is 61.6 Å². The molecule has 6 heteroatoms. The molecule has 1 aliphatic carbocycles. The Labute approximate surface area is 180 Å². The number of hydrogen-bond acceptors (Lipinski definition) is 3. The minimum atomic E-state index is -0.119. The smallest absolute Gasteiger partial charge is 0.314 e. The van der Waals surface area contributed by atoms with Crippen molar-refractivity contribution in [2.24, 2.45) is 23.7 Å². The largest absolute Gasteiger partial charge is 0.497 e. The van der Waals surface area contributed by atoms with E-state index in [1.54, 1.807) is 7.11 Å². The van der Waals surface area contributed by atoms with Crippen LogP contribution >= 0.6 is 0 Å². The molecule has 2 rings (SSSR count). The normalized spacial score (nSPS) is 21.0. The van der Waals surface area contributed by atoms with Crippen LogP contribution in [0.3, 0.4) is 0 Å². The van der Waals surface area contributed by atoms with Gasteiger partial charge in [0.05, 0.1) is 7.11 Å². The van der Waals surface area contributed by atoms with Crippen LogP contribution in [0.25, 0.3) is 0 Å². The van der Waals surface area contributed by atoms with Crippen molar-refractivity contribution >= 4 is 11.9 Å². The molecule has 166 valence electrons. The van der Waals surface area contributed by atoms with Crippen molar-refractivity contribution in [3.05, 3.63) is 41.5 Å². The van der Waals surface area contributed by atoms with E-state index in [0.29, 0.717) is 43.8 Å². The third kappa shape index (κ3) is 7.08. The highest BCUT2D eigenvalue weighted by Gasteiger charge is 2.32. The van der Waals surface area contributed by atoms with E-state index in [9.17, 15) is 9.59 Å². The zero-order chi connectivity index (χ0) is 22.1. The average Bonchev–Trinajstić information content (AvgIpc) is 2.72. The van der Waals surface area contributed by atoms with Gasteiger partial charge in [0.1, 0.15) is 5.75 Å². The molecule has 30 heavy (non-hydrogen) atoms. The first-order valence-electron chi connectivity index (χ1n) is 10.9. The van der Waals surface area contributed by atoms with Gasteiger partial charge >= 0.3 is 6.03 Å². The molecule has 3 N–H and O–H groups in total. The third-order valence-corrected chi connectivity index (χ3v) is 6.00. The standard InChI is InChI=1S/C24H37N3O3/c1-6-25-24(29)27-15-20-11-17(4)19(12-22(20)16(2)3)13-23(28)26-14-18-7-9-21(30-5)10-8-18/h7-11,16,19-20,22H,6,12-15H2,1-5H3,(H,26,28)(H2,25,27,29)/t19-,20+,22-/m0/s1. The molecular weight excluding hydrogens is 378 g/mol. The molecule has 0 saturated carbocycles. The van der Waals surface area contributed by atoms with Gasteiger partial charge in [0.2, 0.25) is 5.91 Å². The fourth-order valence-electron chi connectivity index (χ4n) is 4.18. The van der Waals surface area contributed by atoms with Crippen LogP contribution in [-0.4, -0.2) is 32.1 Å². The lowest BCUT2D eigenvalue weighted by atomic mass is 9.70. The Bertz CT molecular complexity index is 728. The Morgan fingerprint density at radius 3 is 2.43 bits per heavy atom. The Hall–Kier alpha value is -2.50. The average molecular weight is 416 g/mol. The van der Waals surface area contributed by atoms with E-state index in [2.05, 4.69) is 42.8 Å². The zero-order valence-corrected chi connectivity index (χ0v) is 19.0. The maximum absolute atomic E-state index is 12.6. The number of urea groups is 1. The van der Waals surface area contributed by atoms with E-state index >= 15 is 0 Å². The molecule has 1 aliphatic rings. The first-order valence-corrected chi connectivity index (χ1v) is 10.9. The molecule has 0 fully saturated rings. The number of amides is 3. The quantitative estimate of drug-likeness (QED) is 0.536. The van der Waals surface area contributed by atoms with Gasteiger partial charge in [-0.2, -0.15) is 0 Å². The van der Waals surface area contributed by atoms with Crippen LogP contribution in [0.4, 0.5) is 4.79 Å². The number of allylic oxidation sites excluding steroid dienone is 1. The second kappa shape index (κ2) is 11.6. The molecule has 0 aliphatic heterocycles. The van der Waals surface area contributed by atoms with E-state index in [0.717, 1.165) is 17.7 Å². The van der Waals surface area contributed by atoms with Crippen molar-refractivity contribution in [1.82, 2.24) is 16.0 Å². The Morgan fingerprint density at radius 2 is 1.83 bits per heavy atom. The Kier molecular flexibility index (Phi) is 9.21. The molecule has 1 aromatic rings. The number of nitrogens with one attached hydrogen (secondary N) is 3. The van der Waals surface area contributed by atoms with E-state index < -0.39 is 0 Å². The molecule has 3 amide bonds. The SMILES string of the molecule is CCNC(=O)NC[C@H]1C=C(C)[C@H](CC(=O)NCc2ccc(OC)cc2)C[C@H]1C(C)C. The van der Waals surface area contributed by atoms with Gasteiger partial charge in [-0.1, -0.05) is 37.6 Å². The first-order chi connectivity index (χ1) is 14.3. The molecule has 0 heterocycles. The molecule has 0 aromatic heterocycles. The summed E-state index contributed by atoms with van der Waals surface area (Å²) in [6.45, 7) is 10.2. The first kappa shape index (κ1) is 23.8. The monoisotopic (exact) mass is 415 g/mol. The fraction of sp³-hybridized carbons (Fsp3) is 0.583. The number of ether oxygens (including phenoxy) is 1. The van der Waals surface area contributed by atoms with Gasteiger partial charge in [-0.25, -0.2) is 4.79 Å². The van der Waals surface area contributed by atoms with Crippen molar-refractivity contribution in [2.45, 2.75) is 47.1 Å². The maximum atomic E-state index is 12.6. The van der Waals surface area contributed by atoms with Gasteiger partial charge in [-0.15, -0.1) is 0 Å². The Balaban J connectivity index is 1.92. The summed E-state index contributed by atoms with van der Waals surface area (Å²) in [6, 6.07) is 7.61. The van der Waals surface area contributed by atoms with Crippen molar-refractivity contribution in [3.8, 4) is 5.75 Å². The third-order valence-electron chi connectivity index (χ3n) is 6.00. The summed E-state index contributed by atoms with van der Waals surface area (Å²) in [5.41, 5.74) is 2.30. The lowest BCUT2D eigenvalue weighted by Gasteiger charge is -2.37. The van der Waals surface area contributed by atoms with Crippen LogP contribution in [0.5, 0.6) is 5.75 Å². The fourth-order valence-corrected chi connectivity index (χ4v) is 4.18. The second-order valence-corrected chi connectivity index (χ2v) is 8.48. The molecule has 1 aromatic carbocycles. The summed E-state index contributed by atoms with van der Waals surface area (Å²) >= 11 is 0. The summed E-state index contributed by atoms with van der Waals surface area (Å²) in [5.74, 6) is 2.35. The van der Waals surface area contributed by atoms with Crippen molar-refractivity contribution in [3.63, 3.8) is 0 Å². The summed E-state index contributed by atoms with van der Waals surface area (Å²) in [6.07, 6.45) is 3.73. The summed E-state index contributed by atoms with van der Waals surface area (Å²) in [5, 5.41) is 8.80. The van der Waals surface area contributed by atoms with E-state index in [1.165, 1.54) is 5.57 Å². The topological polar surface area (TPSA) is 79.5 Å². The second-order valence-electron chi connectivity index (χ2n) is 8.48. The van der Waals surface area contributed by atoms with Crippen LogP contribution in [0.2, 0.25) is 0 Å². The van der Waals surface area contributed by atoms with Crippen LogP contribution in [0.15, 0.2) is 35.9 Å². The molecule has 0 bridgehead atoms. The number of rotatable bonds is 9. The zero-order valence-electron chi connectivity index (χ0n) is 19.0. The van der Waals surface area contributed by atoms with Crippen LogP contribution in [0, 0.1) is 23.7 Å². The molecule has 0 radical (unpaired) electrons. The molecule has 0 spiro atoms. The number of benzene rings is 1. The molecular formula is C24H37N3O3. The van der Waals surface area contributed by atoms with Crippen LogP contribution < -0.4 is 20.7 Å². The number of hydrogen-bond donors (Lipinski definition) is 3. The van der Waals surface area contributed by atoms with E-state index in [-0.39, 0.29) is 17.9 Å². The van der Waals surface area contributed by atoms with Gasteiger partial charge in [-0.3, -0.25) is 4.79 Å². The minimum Gasteiger partial charge on any atom is -0.497 e. The molecule has 0 unspecified atom stereocenters. The highest BCUT2D eigenvalue weighted by molar-refractivity contribution is 5.76. The lowest BCUT2D eigenvalue weighted by Crippen LogP contribution is -2.41. The Morgan fingerprint density at radius 1 is 1.13 bits per heavy atom. The predicted octanol–water partition coefficient (Wildman–Crippen LogP) is 3.88. The lowest BCUT2D eigenvalue weighted by molar-refractivity contribution is -0.122. The van der Waals surface area contributed by atoms with Gasteiger partial charge in [0, 0.05) is 26.1 Å². The number of methoxy groups -OCH3 is 1.